The summed E-state index contributed by atoms with van der Waals surface area (Å²) in [7, 11) is 0. The number of carbonyl (C=O) groups is 1. The van der Waals surface area contributed by atoms with Gasteiger partial charge in [-0.2, -0.15) is 0 Å². The van der Waals surface area contributed by atoms with E-state index in [9.17, 15) is 9.18 Å². The first kappa shape index (κ1) is 14.5. The molecule has 0 saturated carbocycles. The lowest BCUT2D eigenvalue weighted by atomic mass is 10.1. The maximum Gasteiger partial charge on any atom is 0.163 e. The van der Waals surface area contributed by atoms with Crippen LogP contribution in [0.15, 0.2) is 30.3 Å². The fourth-order valence-corrected chi connectivity index (χ4v) is 2.36. The molecule has 0 aliphatic carbocycles. The molecule has 0 aromatic heterocycles. The summed E-state index contributed by atoms with van der Waals surface area (Å²) in [4.78, 5) is 11.6. The highest BCUT2D eigenvalue weighted by Gasteiger charge is 2.13. The van der Waals surface area contributed by atoms with Crippen molar-refractivity contribution in [1.29, 1.82) is 0 Å². The zero-order valence-corrected chi connectivity index (χ0v) is 12.2. The van der Waals surface area contributed by atoms with Crippen LogP contribution in [0.5, 0.6) is 11.5 Å². The molecule has 0 saturated heterocycles. The van der Waals surface area contributed by atoms with Crippen molar-refractivity contribution >= 4 is 17.4 Å². The Balaban J connectivity index is 2.48. The number of hydrogen-bond acceptors (Lipinski definition) is 2. The summed E-state index contributed by atoms with van der Waals surface area (Å²) in [5.74, 6) is 0.256. The van der Waals surface area contributed by atoms with E-state index in [1.165, 1.54) is 25.1 Å². The Morgan fingerprint density at radius 2 is 1.75 bits per heavy atom. The molecule has 2 rings (SSSR count). The van der Waals surface area contributed by atoms with Crippen molar-refractivity contribution in [2.45, 2.75) is 20.8 Å². The number of aryl methyl sites for hydroxylation is 2. The van der Waals surface area contributed by atoms with Gasteiger partial charge in [-0.25, -0.2) is 4.39 Å². The summed E-state index contributed by atoms with van der Waals surface area (Å²) in [6.45, 7) is 5.11. The Morgan fingerprint density at radius 1 is 1.15 bits per heavy atom. The zero-order valence-electron chi connectivity index (χ0n) is 11.5. The molecule has 4 heteroatoms. The monoisotopic (exact) mass is 292 g/mol. The molecular formula is C16H14ClFO2. The highest BCUT2D eigenvalue weighted by atomic mass is 35.5. The topological polar surface area (TPSA) is 26.3 Å². The van der Waals surface area contributed by atoms with Crippen molar-refractivity contribution in [3.63, 3.8) is 0 Å². The van der Waals surface area contributed by atoms with Gasteiger partial charge in [-0.1, -0.05) is 11.6 Å². The van der Waals surface area contributed by atoms with Gasteiger partial charge in [-0.15, -0.1) is 0 Å². The first-order valence-corrected chi connectivity index (χ1v) is 6.51. The highest BCUT2D eigenvalue weighted by molar-refractivity contribution is 6.30. The van der Waals surface area contributed by atoms with E-state index in [2.05, 4.69) is 0 Å². The van der Waals surface area contributed by atoms with Crippen molar-refractivity contribution in [3.8, 4) is 11.5 Å². The molecule has 0 aliphatic rings. The maximum atomic E-state index is 13.2. The van der Waals surface area contributed by atoms with E-state index < -0.39 is 5.82 Å². The molecule has 0 aliphatic heterocycles. The van der Waals surface area contributed by atoms with Gasteiger partial charge in [0.1, 0.15) is 17.3 Å². The molecule has 2 aromatic carbocycles. The zero-order chi connectivity index (χ0) is 14.9. The van der Waals surface area contributed by atoms with Crippen LogP contribution in [0.1, 0.15) is 28.4 Å². The largest absolute Gasteiger partial charge is 0.456 e. The van der Waals surface area contributed by atoms with Gasteiger partial charge in [-0.3, -0.25) is 4.79 Å². The summed E-state index contributed by atoms with van der Waals surface area (Å²) in [6.07, 6.45) is 0. The Morgan fingerprint density at radius 3 is 2.30 bits per heavy atom. The lowest BCUT2D eigenvalue weighted by Gasteiger charge is -2.14. The van der Waals surface area contributed by atoms with Crippen LogP contribution in [0.25, 0.3) is 0 Å². The van der Waals surface area contributed by atoms with Crippen molar-refractivity contribution in [1.82, 2.24) is 0 Å². The summed E-state index contributed by atoms with van der Waals surface area (Å²) >= 11 is 5.97. The van der Waals surface area contributed by atoms with Gasteiger partial charge >= 0.3 is 0 Å². The van der Waals surface area contributed by atoms with E-state index in [-0.39, 0.29) is 11.3 Å². The third-order valence-corrected chi connectivity index (χ3v) is 3.18. The summed E-state index contributed by atoms with van der Waals surface area (Å²) in [5.41, 5.74) is 1.93. The van der Waals surface area contributed by atoms with Crippen molar-refractivity contribution in [2.24, 2.45) is 0 Å². The van der Waals surface area contributed by atoms with Crippen LogP contribution in [0.2, 0.25) is 5.02 Å². The average Bonchev–Trinajstić information content (AvgIpc) is 2.34. The van der Waals surface area contributed by atoms with Gasteiger partial charge in [0.05, 0.1) is 5.56 Å². The minimum absolute atomic E-state index is 0.221. The standard InChI is InChI=1S/C16H14ClFO2/c1-9-6-12(17)7-10(2)16(9)20-15-5-4-13(18)8-14(15)11(3)19/h4-8H,1-3H3. The van der Waals surface area contributed by atoms with Crippen LogP contribution in [0.4, 0.5) is 4.39 Å². The number of halogens is 2. The van der Waals surface area contributed by atoms with Crippen LogP contribution >= 0.6 is 11.6 Å². The number of Topliss-reactive ketones (excluding diaryl/α,β-unsaturated/α-hetero) is 1. The number of hydrogen-bond donors (Lipinski definition) is 0. The van der Waals surface area contributed by atoms with E-state index in [4.69, 9.17) is 16.3 Å². The van der Waals surface area contributed by atoms with Gasteiger partial charge in [0, 0.05) is 5.02 Å². The number of benzene rings is 2. The SMILES string of the molecule is CC(=O)c1cc(F)ccc1Oc1c(C)cc(Cl)cc1C. The normalized spacial score (nSPS) is 10.4. The Bertz CT molecular complexity index is 657. The molecule has 0 N–H and O–H groups in total. The average molecular weight is 293 g/mol. The van der Waals surface area contributed by atoms with Crippen LogP contribution in [0, 0.1) is 19.7 Å². The van der Waals surface area contributed by atoms with E-state index in [0.717, 1.165) is 11.1 Å². The van der Waals surface area contributed by atoms with E-state index in [1.807, 2.05) is 13.8 Å². The van der Waals surface area contributed by atoms with Crippen molar-refractivity contribution in [2.75, 3.05) is 0 Å². The van der Waals surface area contributed by atoms with Gasteiger partial charge in [0.25, 0.3) is 0 Å². The number of rotatable bonds is 3. The molecule has 0 fully saturated rings. The lowest BCUT2D eigenvalue weighted by molar-refractivity contribution is 0.101. The van der Waals surface area contributed by atoms with Crippen LogP contribution in [0.3, 0.4) is 0 Å². The van der Waals surface area contributed by atoms with Crippen molar-refractivity contribution in [3.05, 3.63) is 57.9 Å². The minimum Gasteiger partial charge on any atom is -0.456 e. The molecule has 2 nitrogen and oxygen atoms in total. The number of carbonyl (C=O) groups excluding carboxylic acids is 1. The maximum absolute atomic E-state index is 13.2. The van der Waals surface area contributed by atoms with Gasteiger partial charge in [-0.05, 0) is 62.2 Å². The minimum atomic E-state index is -0.466. The summed E-state index contributed by atoms with van der Waals surface area (Å²) in [5, 5.41) is 0.623. The van der Waals surface area contributed by atoms with Crippen molar-refractivity contribution < 1.29 is 13.9 Å². The van der Waals surface area contributed by atoms with Crippen LogP contribution in [-0.4, -0.2) is 5.78 Å². The van der Waals surface area contributed by atoms with E-state index >= 15 is 0 Å². The van der Waals surface area contributed by atoms with Crippen LogP contribution < -0.4 is 4.74 Å². The first-order chi connectivity index (χ1) is 9.38. The molecule has 2 aromatic rings. The fraction of sp³-hybridized carbons (Fsp3) is 0.188. The predicted octanol–water partition coefficient (Wildman–Crippen LogP) is 5.09. The predicted molar refractivity (Wildman–Crippen MR) is 77.4 cm³/mol. The van der Waals surface area contributed by atoms with E-state index in [0.29, 0.717) is 16.5 Å². The summed E-state index contributed by atoms with van der Waals surface area (Å²) < 4.78 is 19.0. The smallest absolute Gasteiger partial charge is 0.163 e. The van der Waals surface area contributed by atoms with E-state index in [1.54, 1.807) is 12.1 Å². The quantitative estimate of drug-likeness (QED) is 0.736. The fourth-order valence-electron chi connectivity index (χ4n) is 2.03. The molecule has 0 unspecified atom stereocenters. The second kappa shape index (κ2) is 5.63. The highest BCUT2D eigenvalue weighted by Crippen LogP contribution is 2.33. The number of ether oxygens (including phenoxy) is 1. The molecule has 20 heavy (non-hydrogen) atoms. The summed E-state index contributed by atoms with van der Waals surface area (Å²) in [6, 6.07) is 7.46. The molecule has 0 bridgehead atoms. The molecule has 0 atom stereocenters. The molecule has 0 radical (unpaired) electrons. The second-order valence-electron chi connectivity index (χ2n) is 4.67. The Kier molecular flexibility index (Phi) is 4.09. The molecule has 0 spiro atoms. The third kappa shape index (κ3) is 2.99. The third-order valence-electron chi connectivity index (χ3n) is 2.96. The Labute approximate surface area is 122 Å². The Hall–Kier alpha value is -1.87. The van der Waals surface area contributed by atoms with Crippen LogP contribution in [-0.2, 0) is 0 Å². The molecule has 104 valence electrons. The second-order valence-corrected chi connectivity index (χ2v) is 5.10. The molecule has 0 amide bonds. The first-order valence-electron chi connectivity index (χ1n) is 6.13. The molecule has 0 heterocycles. The van der Waals surface area contributed by atoms with Gasteiger partial charge in [0.15, 0.2) is 5.78 Å². The molecular weight excluding hydrogens is 279 g/mol. The number of ketones is 1. The van der Waals surface area contributed by atoms with Gasteiger partial charge in [0.2, 0.25) is 0 Å². The lowest BCUT2D eigenvalue weighted by Crippen LogP contribution is -2.00. The van der Waals surface area contributed by atoms with Gasteiger partial charge < -0.3 is 4.74 Å².